The molecule has 0 aliphatic heterocycles. The molecule has 1 aromatic rings. The molecular weight excluding hydrogens is 230 g/mol. The maximum absolute atomic E-state index is 5.75. The Kier molecular flexibility index (Phi) is 3.98. The molecule has 0 bridgehead atoms. The van der Waals surface area contributed by atoms with Gasteiger partial charge >= 0.3 is 0 Å². The van der Waals surface area contributed by atoms with E-state index in [0.29, 0.717) is 24.2 Å². The zero-order chi connectivity index (χ0) is 14.0. The fourth-order valence-corrected chi connectivity index (χ4v) is 1.20. The molecule has 0 radical (unpaired) electrons. The molecule has 0 saturated heterocycles. The fourth-order valence-electron chi connectivity index (χ4n) is 1.20. The van der Waals surface area contributed by atoms with Crippen molar-refractivity contribution >= 4 is 5.96 Å². The number of nitrogens with one attached hydrogen (secondary N) is 1. The predicted molar refractivity (Wildman–Crippen MR) is 71.2 cm³/mol. The van der Waals surface area contributed by atoms with Gasteiger partial charge in [0.15, 0.2) is 11.8 Å². The summed E-state index contributed by atoms with van der Waals surface area (Å²) < 4.78 is 5.17. The first-order chi connectivity index (χ1) is 8.08. The Morgan fingerprint density at radius 1 is 1.28 bits per heavy atom. The number of hydrogen-bond acceptors (Lipinski definition) is 4. The molecule has 6 nitrogen and oxygen atoms in total. The van der Waals surface area contributed by atoms with Crippen molar-refractivity contribution in [2.45, 2.75) is 59.0 Å². The van der Waals surface area contributed by atoms with Gasteiger partial charge in [-0.25, -0.2) is 4.99 Å². The van der Waals surface area contributed by atoms with Crippen LogP contribution in [0.4, 0.5) is 0 Å². The average molecular weight is 253 g/mol. The first-order valence-corrected chi connectivity index (χ1v) is 5.99. The maximum atomic E-state index is 5.75. The van der Waals surface area contributed by atoms with Gasteiger partial charge in [0.1, 0.15) is 6.54 Å². The molecule has 0 aliphatic carbocycles. The van der Waals surface area contributed by atoms with Crippen LogP contribution in [-0.2, 0) is 12.0 Å². The number of aliphatic imine (C=N–C) groups is 1. The van der Waals surface area contributed by atoms with Crippen LogP contribution in [0, 0.1) is 0 Å². The van der Waals surface area contributed by atoms with Crippen molar-refractivity contribution < 1.29 is 4.52 Å². The van der Waals surface area contributed by atoms with Crippen LogP contribution in [0.2, 0.25) is 0 Å². The zero-order valence-electron chi connectivity index (χ0n) is 12.0. The van der Waals surface area contributed by atoms with Crippen molar-refractivity contribution in [3.05, 3.63) is 11.7 Å². The van der Waals surface area contributed by atoms with Crippen LogP contribution in [-0.4, -0.2) is 21.6 Å². The molecule has 102 valence electrons. The van der Waals surface area contributed by atoms with E-state index in [4.69, 9.17) is 10.3 Å². The highest BCUT2D eigenvalue weighted by Gasteiger charge is 2.21. The SMILES string of the molecule is CC(C)(C)NC(N)=NCc1noc(C(C)(C)C)n1. The third-order valence-electron chi connectivity index (χ3n) is 2.00. The van der Waals surface area contributed by atoms with Crippen molar-refractivity contribution in [2.24, 2.45) is 10.7 Å². The average Bonchev–Trinajstić information content (AvgIpc) is 2.59. The van der Waals surface area contributed by atoms with Crippen LogP contribution in [0.1, 0.15) is 53.3 Å². The standard InChI is InChI=1S/C12H23N5O/c1-11(2,3)9-15-8(17-18-9)7-14-10(13)16-12(4,5)6/h7H2,1-6H3,(H3,13,14,16). The van der Waals surface area contributed by atoms with Gasteiger partial charge in [0.25, 0.3) is 0 Å². The van der Waals surface area contributed by atoms with Gasteiger partial charge in [-0.15, -0.1) is 0 Å². The Labute approximate surface area is 108 Å². The van der Waals surface area contributed by atoms with Gasteiger partial charge in [0.2, 0.25) is 5.89 Å². The lowest BCUT2D eigenvalue weighted by molar-refractivity contribution is 0.318. The van der Waals surface area contributed by atoms with Crippen LogP contribution in [0.25, 0.3) is 0 Å². The monoisotopic (exact) mass is 253 g/mol. The lowest BCUT2D eigenvalue weighted by Crippen LogP contribution is -2.45. The molecule has 0 amide bonds. The number of nitrogens with two attached hydrogens (primary N) is 1. The second-order valence-electron chi connectivity index (χ2n) is 6.34. The number of nitrogens with zero attached hydrogens (tertiary/aromatic N) is 3. The smallest absolute Gasteiger partial charge is 0.232 e. The molecule has 3 N–H and O–H groups in total. The largest absolute Gasteiger partial charge is 0.370 e. The summed E-state index contributed by atoms with van der Waals surface area (Å²) in [4.78, 5) is 8.46. The van der Waals surface area contributed by atoms with E-state index in [1.807, 2.05) is 41.5 Å². The lowest BCUT2D eigenvalue weighted by Gasteiger charge is -2.20. The minimum absolute atomic E-state index is 0.110. The molecule has 0 fully saturated rings. The minimum atomic E-state index is -0.149. The normalized spacial score (nSPS) is 13.8. The molecule has 6 heteroatoms. The molecular formula is C12H23N5O. The molecule has 1 rings (SSSR count). The van der Waals surface area contributed by atoms with Crippen molar-refractivity contribution in [3.63, 3.8) is 0 Å². The quantitative estimate of drug-likeness (QED) is 0.617. The summed E-state index contributed by atoms with van der Waals surface area (Å²) in [6, 6.07) is 0. The Hall–Kier alpha value is -1.59. The Morgan fingerprint density at radius 2 is 1.89 bits per heavy atom. The van der Waals surface area contributed by atoms with Crippen molar-refractivity contribution in [1.82, 2.24) is 15.5 Å². The summed E-state index contributed by atoms with van der Waals surface area (Å²) in [5.41, 5.74) is 5.49. The highest BCUT2D eigenvalue weighted by atomic mass is 16.5. The van der Waals surface area contributed by atoms with E-state index in [-0.39, 0.29) is 11.0 Å². The second kappa shape index (κ2) is 4.96. The molecule has 18 heavy (non-hydrogen) atoms. The molecule has 0 atom stereocenters. The topological polar surface area (TPSA) is 89.3 Å². The molecule has 0 spiro atoms. The van der Waals surface area contributed by atoms with Gasteiger partial charge < -0.3 is 15.6 Å². The van der Waals surface area contributed by atoms with Crippen molar-refractivity contribution in [3.8, 4) is 0 Å². The van der Waals surface area contributed by atoms with Crippen molar-refractivity contribution in [2.75, 3.05) is 0 Å². The fraction of sp³-hybridized carbons (Fsp3) is 0.750. The van der Waals surface area contributed by atoms with E-state index in [1.54, 1.807) is 0 Å². The van der Waals surface area contributed by atoms with Crippen LogP contribution in [0.3, 0.4) is 0 Å². The number of rotatable bonds is 2. The molecule has 1 heterocycles. The molecule has 0 aromatic carbocycles. The van der Waals surface area contributed by atoms with Gasteiger partial charge in [-0.2, -0.15) is 4.98 Å². The molecule has 1 aromatic heterocycles. The number of aromatic nitrogens is 2. The van der Waals surface area contributed by atoms with E-state index in [1.165, 1.54) is 0 Å². The Bertz CT molecular complexity index is 422. The minimum Gasteiger partial charge on any atom is -0.370 e. The number of hydrogen-bond donors (Lipinski definition) is 2. The Morgan fingerprint density at radius 3 is 2.33 bits per heavy atom. The first kappa shape index (κ1) is 14.5. The summed E-state index contributed by atoms with van der Waals surface area (Å²) in [5.74, 6) is 1.53. The molecule has 0 saturated carbocycles. The Balaban J connectivity index is 2.64. The highest BCUT2D eigenvalue weighted by Crippen LogP contribution is 2.19. The van der Waals surface area contributed by atoms with Crippen molar-refractivity contribution in [1.29, 1.82) is 0 Å². The van der Waals surface area contributed by atoms with Gasteiger partial charge in [0, 0.05) is 11.0 Å². The predicted octanol–water partition coefficient (Wildman–Crippen LogP) is 1.57. The third kappa shape index (κ3) is 4.73. The van der Waals surface area contributed by atoms with Crippen LogP contribution >= 0.6 is 0 Å². The van der Waals surface area contributed by atoms with Gasteiger partial charge in [0.05, 0.1) is 0 Å². The maximum Gasteiger partial charge on any atom is 0.232 e. The van der Waals surface area contributed by atoms with E-state index in [0.717, 1.165) is 0 Å². The van der Waals surface area contributed by atoms with Crippen LogP contribution < -0.4 is 11.1 Å². The summed E-state index contributed by atoms with van der Waals surface area (Å²) in [6.07, 6.45) is 0. The van der Waals surface area contributed by atoms with E-state index in [2.05, 4.69) is 20.4 Å². The molecule has 0 aliphatic rings. The second-order valence-corrected chi connectivity index (χ2v) is 6.34. The first-order valence-electron chi connectivity index (χ1n) is 5.99. The van der Waals surface area contributed by atoms with E-state index >= 15 is 0 Å². The van der Waals surface area contributed by atoms with Crippen LogP contribution in [0.5, 0.6) is 0 Å². The highest BCUT2D eigenvalue weighted by molar-refractivity contribution is 5.78. The molecule has 0 unspecified atom stereocenters. The summed E-state index contributed by atoms with van der Waals surface area (Å²) in [7, 11) is 0. The summed E-state index contributed by atoms with van der Waals surface area (Å²) >= 11 is 0. The van der Waals surface area contributed by atoms with E-state index < -0.39 is 0 Å². The van der Waals surface area contributed by atoms with E-state index in [9.17, 15) is 0 Å². The zero-order valence-corrected chi connectivity index (χ0v) is 12.0. The van der Waals surface area contributed by atoms with Gasteiger partial charge in [-0.05, 0) is 20.8 Å². The summed E-state index contributed by atoms with van der Waals surface area (Å²) in [6.45, 7) is 12.4. The number of guanidine groups is 1. The van der Waals surface area contributed by atoms with Crippen LogP contribution in [0.15, 0.2) is 9.52 Å². The third-order valence-corrected chi connectivity index (χ3v) is 2.00. The van der Waals surface area contributed by atoms with Gasteiger partial charge in [-0.3, -0.25) is 0 Å². The lowest BCUT2D eigenvalue weighted by atomic mass is 9.97. The summed E-state index contributed by atoms with van der Waals surface area (Å²) in [5, 5.41) is 6.94. The van der Waals surface area contributed by atoms with Gasteiger partial charge in [-0.1, -0.05) is 25.9 Å².